The number of aryl methyl sites for hydroxylation is 2. The number of aromatic nitrogens is 4. The van der Waals surface area contributed by atoms with Crippen LogP contribution in [0.25, 0.3) is 20.7 Å². The average Bonchev–Trinajstić information content (AvgIpc) is 3.25. The molecule has 0 aliphatic carbocycles. The third kappa shape index (κ3) is 4.03. The van der Waals surface area contributed by atoms with Crippen LogP contribution < -0.4 is 10.9 Å². The van der Waals surface area contributed by atoms with Gasteiger partial charge in [0.15, 0.2) is 0 Å². The van der Waals surface area contributed by atoms with Crippen LogP contribution in [0.3, 0.4) is 0 Å². The number of rotatable bonds is 4. The van der Waals surface area contributed by atoms with Gasteiger partial charge in [0, 0.05) is 23.4 Å². The Morgan fingerprint density at radius 3 is 2.55 bits per heavy atom. The Morgan fingerprint density at radius 1 is 1.19 bits per heavy atom. The van der Waals surface area contributed by atoms with Gasteiger partial charge in [-0.25, -0.2) is 4.98 Å². The van der Waals surface area contributed by atoms with Crippen molar-refractivity contribution in [3.05, 3.63) is 64.3 Å². The zero-order valence-electron chi connectivity index (χ0n) is 18.3. The minimum atomic E-state index is -0.303. The van der Waals surface area contributed by atoms with Crippen LogP contribution in [0, 0.1) is 6.92 Å². The first-order valence-electron chi connectivity index (χ1n) is 10.0. The molecule has 0 aliphatic rings. The highest BCUT2D eigenvalue weighted by atomic mass is 32.1. The molecule has 1 N–H and O–H groups in total. The van der Waals surface area contributed by atoms with Crippen molar-refractivity contribution < 1.29 is 4.79 Å². The summed E-state index contributed by atoms with van der Waals surface area (Å²) in [6.07, 6.45) is 1.44. The quantitative estimate of drug-likeness (QED) is 0.523. The topological polar surface area (TPSA) is 81.8 Å². The van der Waals surface area contributed by atoms with Gasteiger partial charge in [-0.3, -0.25) is 18.8 Å². The maximum Gasteiger partial charge on any atom is 0.262 e. The highest BCUT2D eigenvalue weighted by Gasteiger charge is 2.20. The molecule has 0 saturated carbocycles. The van der Waals surface area contributed by atoms with Gasteiger partial charge in [0.1, 0.15) is 17.2 Å². The third-order valence-corrected chi connectivity index (χ3v) is 6.43. The van der Waals surface area contributed by atoms with Crippen molar-refractivity contribution in [3.8, 4) is 10.4 Å². The highest BCUT2D eigenvalue weighted by Crippen LogP contribution is 2.35. The predicted molar refractivity (Wildman–Crippen MR) is 125 cm³/mol. The van der Waals surface area contributed by atoms with Crippen LogP contribution in [0.4, 0.5) is 5.82 Å². The molecule has 3 heterocycles. The normalized spacial score (nSPS) is 11.8. The zero-order valence-corrected chi connectivity index (χ0v) is 19.1. The lowest BCUT2D eigenvalue weighted by molar-refractivity contribution is -0.116. The van der Waals surface area contributed by atoms with E-state index < -0.39 is 0 Å². The van der Waals surface area contributed by atoms with Crippen molar-refractivity contribution >= 4 is 33.3 Å². The SMILES string of the molecule is Cc1c(-c2ccccc2)sc2ncn(CC(=O)Nc3cc(C(C)(C)C)nn3C)c(=O)c12. The minimum Gasteiger partial charge on any atom is -0.309 e. The van der Waals surface area contributed by atoms with Gasteiger partial charge in [0.25, 0.3) is 5.56 Å². The van der Waals surface area contributed by atoms with Gasteiger partial charge in [-0.05, 0) is 18.1 Å². The monoisotopic (exact) mass is 435 g/mol. The maximum absolute atomic E-state index is 13.1. The first kappa shape index (κ1) is 21.0. The second kappa shape index (κ2) is 7.77. The first-order valence-corrected chi connectivity index (χ1v) is 10.8. The largest absolute Gasteiger partial charge is 0.309 e. The Labute approximate surface area is 184 Å². The van der Waals surface area contributed by atoms with Crippen LogP contribution in [0.2, 0.25) is 0 Å². The summed E-state index contributed by atoms with van der Waals surface area (Å²) in [6.45, 7) is 8.00. The lowest BCUT2D eigenvalue weighted by Gasteiger charge is -2.13. The van der Waals surface area contributed by atoms with Crippen molar-refractivity contribution in [2.45, 2.75) is 39.7 Å². The van der Waals surface area contributed by atoms with E-state index in [1.165, 1.54) is 22.2 Å². The van der Waals surface area contributed by atoms with Crippen LogP contribution >= 0.6 is 11.3 Å². The molecule has 4 rings (SSSR count). The number of nitrogens with zero attached hydrogens (tertiary/aromatic N) is 4. The molecule has 0 radical (unpaired) electrons. The van der Waals surface area contributed by atoms with E-state index in [1.54, 1.807) is 11.7 Å². The first-order chi connectivity index (χ1) is 14.6. The number of amides is 1. The number of carbonyl (C=O) groups is 1. The third-order valence-electron chi connectivity index (χ3n) is 5.18. The molecule has 1 aromatic carbocycles. The summed E-state index contributed by atoms with van der Waals surface area (Å²) in [7, 11) is 1.78. The van der Waals surface area contributed by atoms with E-state index in [-0.39, 0.29) is 23.4 Å². The van der Waals surface area contributed by atoms with Gasteiger partial charge in [-0.2, -0.15) is 5.10 Å². The van der Waals surface area contributed by atoms with Crippen molar-refractivity contribution in [3.63, 3.8) is 0 Å². The summed E-state index contributed by atoms with van der Waals surface area (Å²) in [5.74, 6) is 0.290. The number of benzene rings is 1. The summed E-state index contributed by atoms with van der Waals surface area (Å²) >= 11 is 1.49. The van der Waals surface area contributed by atoms with E-state index >= 15 is 0 Å². The second-order valence-corrected chi connectivity index (χ2v) is 9.62. The molecule has 0 saturated heterocycles. The zero-order chi connectivity index (χ0) is 22.3. The summed E-state index contributed by atoms with van der Waals surface area (Å²) in [5, 5.41) is 7.88. The molecule has 0 atom stereocenters. The number of anilines is 1. The molecule has 8 heteroatoms. The summed E-state index contributed by atoms with van der Waals surface area (Å²) in [5.41, 5.74) is 2.49. The van der Waals surface area contributed by atoms with Crippen molar-refractivity contribution in [1.29, 1.82) is 0 Å². The van der Waals surface area contributed by atoms with E-state index in [0.717, 1.165) is 21.7 Å². The predicted octanol–water partition coefficient (Wildman–Crippen LogP) is 4.10. The molecular formula is C23H25N5O2S. The smallest absolute Gasteiger partial charge is 0.262 e. The molecule has 7 nitrogen and oxygen atoms in total. The van der Waals surface area contributed by atoms with E-state index in [0.29, 0.717) is 16.0 Å². The van der Waals surface area contributed by atoms with E-state index in [9.17, 15) is 9.59 Å². The van der Waals surface area contributed by atoms with Gasteiger partial charge in [-0.15, -0.1) is 11.3 Å². The molecule has 0 fully saturated rings. The van der Waals surface area contributed by atoms with E-state index in [4.69, 9.17) is 0 Å². The molecule has 160 valence electrons. The fourth-order valence-electron chi connectivity index (χ4n) is 3.42. The number of carbonyl (C=O) groups excluding carboxylic acids is 1. The van der Waals surface area contributed by atoms with Crippen molar-refractivity contribution in [1.82, 2.24) is 19.3 Å². The Bertz CT molecular complexity index is 1330. The summed E-state index contributed by atoms with van der Waals surface area (Å²) in [4.78, 5) is 31.9. The molecule has 1 amide bonds. The molecule has 3 aromatic heterocycles. The summed E-state index contributed by atoms with van der Waals surface area (Å²) < 4.78 is 2.99. The number of thiophene rings is 1. The minimum absolute atomic E-state index is 0.117. The number of nitrogens with one attached hydrogen (secondary N) is 1. The standard InChI is InChI=1S/C23H25N5O2S/c1-14-19-21(31-20(14)15-9-7-6-8-10-15)24-13-28(22(19)30)12-18(29)25-17-11-16(23(2,3)4)26-27(17)5/h6-11,13H,12H2,1-5H3,(H,25,29). The van der Waals surface area contributed by atoms with Crippen LogP contribution in [0.15, 0.2) is 47.5 Å². The van der Waals surface area contributed by atoms with Gasteiger partial charge < -0.3 is 5.32 Å². The highest BCUT2D eigenvalue weighted by molar-refractivity contribution is 7.22. The lowest BCUT2D eigenvalue weighted by Crippen LogP contribution is -2.28. The van der Waals surface area contributed by atoms with E-state index in [1.807, 2.05) is 43.3 Å². The van der Waals surface area contributed by atoms with Crippen LogP contribution in [0.5, 0.6) is 0 Å². The Kier molecular flexibility index (Phi) is 5.26. The van der Waals surface area contributed by atoms with Gasteiger partial charge in [0.05, 0.1) is 17.4 Å². The molecule has 0 bridgehead atoms. The van der Waals surface area contributed by atoms with E-state index in [2.05, 4.69) is 36.2 Å². The van der Waals surface area contributed by atoms with Crippen LogP contribution in [-0.2, 0) is 23.8 Å². The molecular weight excluding hydrogens is 410 g/mol. The van der Waals surface area contributed by atoms with Crippen LogP contribution in [0.1, 0.15) is 32.0 Å². The summed E-state index contributed by atoms with van der Waals surface area (Å²) in [6, 6.07) is 11.8. The fraction of sp³-hybridized carbons (Fsp3) is 0.304. The van der Waals surface area contributed by atoms with Gasteiger partial charge >= 0.3 is 0 Å². The molecule has 31 heavy (non-hydrogen) atoms. The van der Waals surface area contributed by atoms with Crippen molar-refractivity contribution in [2.75, 3.05) is 5.32 Å². The second-order valence-electron chi connectivity index (χ2n) is 8.62. The Hall–Kier alpha value is -3.26. The van der Waals surface area contributed by atoms with Gasteiger partial charge in [-0.1, -0.05) is 51.1 Å². The average molecular weight is 436 g/mol. The van der Waals surface area contributed by atoms with Crippen LogP contribution in [-0.4, -0.2) is 25.2 Å². The lowest BCUT2D eigenvalue weighted by atomic mass is 9.92. The molecule has 0 aliphatic heterocycles. The Morgan fingerprint density at radius 2 is 1.90 bits per heavy atom. The number of fused-ring (bicyclic) bond motifs is 1. The maximum atomic E-state index is 13.1. The molecule has 0 unspecified atom stereocenters. The fourth-order valence-corrected chi connectivity index (χ4v) is 4.57. The number of hydrogen-bond donors (Lipinski definition) is 1. The van der Waals surface area contributed by atoms with Gasteiger partial charge in [0.2, 0.25) is 5.91 Å². The van der Waals surface area contributed by atoms with Crippen molar-refractivity contribution in [2.24, 2.45) is 7.05 Å². The molecule has 0 spiro atoms. The number of hydrogen-bond acceptors (Lipinski definition) is 5. The molecule has 4 aromatic rings. The Balaban J connectivity index is 1.61.